The highest BCUT2D eigenvalue weighted by atomic mass is 35.5. The van der Waals surface area contributed by atoms with Gasteiger partial charge in [-0.15, -0.1) is 11.8 Å². The van der Waals surface area contributed by atoms with Crippen molar-refractivity contribution in [2.45, 2.75) is 22.5 Å². The van der Waals surface area contributed by atoms with E-state index in [1.807, 2.05) is 43.1 Å². The lowest BCUT2D eigenvalue weighted by Crippen LogP contribution is -2.48. The highest BCUT2D eigenvalue weighted by molar-refractivity contribution is 8.00. The van der Waals surface area contributed by atoms with Gasteiger partial charge in [-0.1, -0.05) is 11.6 Å². The zero-order chi connectivity index (χ0) is 17.3. The summed E-state index contributed by atoms with van der Waals surface area (Å²) >= 11 is 9.64. The molecule has 1 aromatic carbocycles. The van der Waals surface area contributed by atoms with Crippen LogP contribution in [0.4, 0.5) is 0 Å². The summed E-state index contributed by atoms with van der Waals surface area (Å²) in [5.41, 5.74) is 0. The van der Waals surface area contributed by atoms with Crippen LogP contribution in [0.1, 0.15) is 12.8 Å². The maximum Gasteiger partial charge on any atom is 0.191 e. The van der Waals surface area contributed by atoms with Gasteiger partial charge >= 0.3 is 0 Å². The third-order valence-corrected chi connectivity index (χ3v) is 6.80. The van der Waals surface area contributed by atoms with E-state index in [1.165, 1.54) is 4.90 Å². The number of hydrogen-bond acceptors (Lipinski definition) is 4. The summed E-state index contributed by atoms with van der Waals surface area (Å²) in [7, 11) is 1.82. The van der Waals surface area contributed by atoms with E-state index in [0.29, 0.717) is 0 Å². The lowest BCUT2D eigenvalue weighted by Gasteiger charge is -2.36. The molecule has 2 rings (SSSR count). The molecule has 1 fully saturated rings. The first-order valence-corrected chi connectivity index (χ1v) is 10.7. The summed E-state index contributed by atoms with van der Waals surface area (Å²) in [4.78, 5) is 5.55. The highest BCUT2D eigenvalue weighted by Gasteiger charge is 2.31. The van der Waals surface area contributed by atoms with Crippen molar-refractivity contribution in [1.82, 2.24) is 10.6 Å². The quantitative estimate of drug-likeness (QED) is 0.324. The molecule has 4 nitrogen and oxygen atoms in total. The van der Waals surface area contributed by atoms with Crippen LogP contribution in [0.2, 0.25) is 5.02 Å². The summed E-state index contributed by atoms with van der Waals surface area (Å²) in [6.07, 6.45) is 4.36. The van der Waals surface area contributed by atoms with Gasteiger partial charge in [-0.2, -0.15) is 11.8 Å². The second kappa shape index (κ2) is 10.4. The van der Waals surface area contributed by atoms with E-state index in [-0.39, 0.29) is 4.75 Å². The van der Waals surface area contributed by atoms with Crippen molar-refractivity contribution in [3.63, 3.8) is 0 Å². The Morgan fingerprint density at radius 2 is 1.96 bits per heavy atom. The first kappa shape index (κ1) is 19.8. The second-order valence-electron chi connectivity index (χ2n) is 5.65. The van der Waals surface area contributed by atoms with E-state index >= 15 is 0 Å². The van der Waals surface area contributed by atoms with Gasteiger partial charge in [0.05, 0.1) is 0 Å². The van der Waals surface area contributed by atoms with Crippen LogP contribution in [0.25, 0.3) is 0 Å². The van der Waals surface area contributed by atoms with Gasteiger partial charge in [0.15, 0.2) is 5.96 Å². The smallest absolute Gasteiger partial charge is 0.191 e. The Morgan fingerprint density at radius 3 is 2.58 bits per heavy atom. The van der Waals surface area contributed by atoms with Crippen LogP contribution in [0.3, 0.4) is 0 Å². The SMILES string of the molecule is CN=C(NCCSc1ccc(Cl)cc1)NCC1(SC)CCOCC1. The van der Waals surface area contributed by atoms with E-state index < -0.39 is 0 Å². The van der Waals surface area contributed by atoms with E-state index in [4.69, 9.17) is 16.3 Å². The van der Waals surface area contributed by atoms with Crippen molar-refractivity contribution in [1.29, 1.82) is 0 Å². The third-order valence-electron chi connectivity index (χ3n) is 4.12. The fourth-order valence-corrected chi connectivity index (χ4v) is 4.22. The lowest BCUT2D eigenvalue weighted by molar-refractivity contribution is 0.0783. The number of nitrogens with zero attached hydrogens (tertiary/aromatic N) is 1. The van der Waals surface area contributed by atoms with Crippen molar-refractivity contribution in [3.8, 4) is 0 Å². The van der Waals surface area contributed by atoms with Gasteiger partial charge in [-0.3, -0.25) is 4.99 Å². The normalized spacial score (nSPS) is 17.5. The average Bonchev–Trinajstić information content (AvgIpc) is 2.63. The largest absolute Gasteiger partial charge is 0.381 e. The van der Waals surface area contributed by atoms with E-state index in [2.05, 4.69) is 21.9 Å². The molecule has 24 heavy (non-hydrogen) atoms. The summed E-state index contributed by atoms with van der Waals surface area (Å²) in [6.45, 7) is 3.49. The van der Waals surface area contributed by atoms with Gasteiger partial charge in [0.25, 0.3) is 0 Å². The maximum atomic E-state index is 5.90. The van der Waals surface area contributed by atoms with Gasteiger partial charge in [0.1, 0.15) is 0 Å². The number of hydrogen-bond donors (Lipinski definition) is 2. The molecule has 7 heteroatoms. The monoisotopic (exact) mass is 387 g/mol. The molecule has 134 valence electrons. The summed E-state index contributed by atoms with van der Waals surface area (Å²) in [5, 5.41) is 7.63. The molecular formula is C17H26ClN3OS2. The topological polar surface area (TPSA) is 45.7 Å². The minimum absolute atomic E-state index is 0.258. The number of benzene rings is 1. The van der Waals surface area contributed by atoms with Gasteiger partial charge in [0.2, 0.25) is 0 Å². The fourth-order valence-electron chi connectivity index (χ4n) is 2.53. The Labute approximate surface area is 158 Å². The molecule has 1 heterocycles. The molecule has 0 radical (unpaired) electrons. The third kappa shape index (κ3) is 6.39. The number of nitrogens with one attached hydrogen (secondary N) is 2. The molecule has 0 bridgehead atoms. The van der Waals surface area contributed by atoms with Crippen LogP contribution in [-0.2, 0) is 4.74 Å². The first-order valence-electron chi connectivity index (χ1n) is 8.13. The number of guanidine groups is 1. The number of halogens is 1. The Balaban J connectivity index is 1.69. The molecule has 0 atom stereocenters. The molecule has 2 N–H and O–H groups in total. The van der Waals surface area contributed by atoms with Crippen molar-refractivity contribution in [2.24, 2.45) is 4.99 Å². The van der Waals surface area contributed by atoms with Gasteiger partial charge < -0.3 is 15.4 Å². The zero-order valence-electron chi connectivity index (χ0n) is 14.3. The molecule has 0 aromatic heterocycles. The second-order valence-corrected chi connectivity index (χ2v) is 8.53. The molecule has 0 aliphatic carbocycles. The van der Waals surface area contributed by atoms with Crippen LogP contribution in [-0.4, -0.2) is 56.1 Å². The minimum atomic E-state index is 0.258. The minimum Gasteiger partial charge on any atom is -0.381 e. The molecule has 1 saturated heterocycles. The Kier molecular flexibility index (Phi) is 8.59. The number of aliphatic imine (C=N–C) groups is 1. The maximum absolute atomic E-state index is 5.90. The van der Waals surface area contributed by atoms with Crippen LogP contribution < -0.4 is 10.6 Å². The Morgan fingerprint density at radius 1 is 1.25 bits per heavy atom. The van der Waals surface area contributed by atoms with Crippen LogP contribution in [0.15, 0.2) is 34.2 Å². The Hall–Kier alpha value is -0.560. The number of ether oxygens (including phenoxy) is 1. The number of rotatable bonds is 7. The van der Waals surface area contributed by atoms with Gasteiger partial charge in [0, 0.05) is 53.8 Å². The molecule has 0 saturated carbocycles. The summed E-state index contributed by atoms with van der Waals surface area (Å²) in [5.74, 6) is 1.84. The van der Waals surface area contributed by atoms with E-state index in [9.17, 15) is 0 Å². The fraction of sp³-hybridized carbons (Fsp3) is 0.588. The van der Waals surface area contributed by atoms with Crippen molar-refractivity contribution in [3.05, 3.63) is 29.3 Å². The predicted octanol–water partition coefficient (Wildman–Crippen LogP) is 3.51. The van der Waals surface area contributed by atoms with Crippen LogP contribution in [0, 0.1) is 0 Å². The molecule has 0 amide bonds. The summed E-state index contributed by atoms with van der Waals surface area (Å²) < 4.78 is 5.75. The zero-order valence-corrected chi connectivity index (χ0v) is 16.7. The van der Waals surface area contributed by atoms with Crippen molar-refractivity contribution < 1.29 is 4.74 Å². The van der Waals surface area contributed by atoms with Crippen molar-refractivity contribution in [2.75, 3.05) is 45.4 Å². The standard InChI is InChI=1S/C17H26ClN3OS2/c1-19-16(21-13-17(23-2)7-10-22-11-8-17)20-9-12-24-15-5-3-14(18)4-6-15/h3-6H,7-13H2,1-2H3,(H2,19,20,21). The molecule has 1 aliphatic heterocycles. The van der Waals surface area contributed by atoms with Crippen LogP contribution in [0.5, 0.6) is 0 Å². The van der Waals surface area contributed by atoms with Crippen LogP contribution >= 0.6 is 35.1 Å². The van der Waals surface area contributed by atoms with Gasteiger partial charge in [-0.05, 0) is 43.4 Å². The van der Waals surface area contributed by atoms with Crippen molar-refractivity contribution >= 4 is 41.1 Å². The molecular weight excluding hydrogens is 362 g/mol. The Bertz CT molecular complexity index is 519. The molecule has 0 spiro atoms. The van der Waals surface area contributed by atoms with E-state index in [0.717, 1.165) is 55.9 Å². The number of thioether (sulfide) groups is 2. The average molecular weight is 388 g/mol. The first-order chi connectivity index (χ1) is 11.7. The van der Waals surface area contributed by atoms with E-state index in [1.54, 1.807) is 11.8 Å². The lowest BCUT2D eigenvalue weighted by atomic mass is 9.99. The van der Waals surface area contributed by atoms with Gasteiger partial charge in [-0.25, -0.2) is 0 Å². The molecule has 1 aromatic rings. The predicted molar refractivity (Wildman–Crippen MR) is 108 cm³/mol. The molecule has 1 aliphatic rings. The highest BCUT2D eigenvalue weighted by Crippen LogP contribution is 2.32. The summed E-state index contributed by atoms with van der Waals surface area (Å²) in [6, 6.07) is 7.95. The molecule has 0 unspecified atom stereocenters.